The highest BCUT2D eigenvalue weighted by Gasteiger charge is 2.22. The lowest BCUT2D eigenvalue weighted by molar-refractivity contribution is -0.666. The molecule has 0 bridgehead atoms. The summed E-state index contributed by atoms with van der Waals surface area (Å²) in [6, 6.07) is 16.0. The Bertz CT molecular complexity index is 834. The first-order chi connectivity index (χ1) is 11.1. The van der Waals surface area contributed by atoms with Gasteiger partial charge in [-0.2, -0.15) is 0 Å². The summed E-state index contributed by atoms with van der Waals surface area (Å²) in [5, 5.41) is 10.6. The number of allylic oxidation sites excluding steroid dienone is 1. The Morgan fingerprint density at radius 1 is 1.22 bits per heavy atom. The van der Waals surface area contributed by atoms with Gasteiger partial charge in [0.05, 0.1) is 6.54 Å². The lowest BCUT2D eigenvalue weighted by Crippen LogP contribution is -2.39. The Hall–Kier alpha value is -2.59. The predicted octanol–water partition coefficient (Wildman–Crippen LogP) is 2.74. The fourth-order valence-corrected chi connectivity index (χ4v) is 2.89. The fourth-order valence-electron chi connectivity index (χ4n) is 2.89. The summed E-state index contributed by atoms with van der Waals surface area (Å²) in [7, 11) is 0. The fraction of sp³-hybridized carbons (Fsp3) is 0.211. The van der Waals surface area contributed by atoms with Crippen molar-refractivity contribution in [2.24, 2.45) is 0 Å². The minimum atomic E-state index is -0.606. The van der Waals surface area contributed by atoms with Gasteiger partial charge in [-0.1, -0.05) is 54.6 Å². The average Bonchev–Trinajstić information content (AvgIpc) is 2.82. The molecule has 0 saturated carbocycles. The molecule has 3 N–H and O–H groups in total. The minimum absolute atomic E-state index is 0.416. The summed E-state index contributed by atoms with van der Waals surface area (Å²) in [6.45, 7) is 6.88. The van der Waals surface area contributed by atoms with Crippen molar-refractivity contribution in [2.75, 3.05) is 5.73 Å². The lowest BCUT2D eigenvalue weighted by Gasteiger charge is -2.11. The number of fused-ring (bicyclic) bond motifs is 1. The van der Waals surface area contributed by atoms with Crippen molar-refractivity contribution < 1.29 is 9.67 Å². The third-order valence-corrected chi connectivity index (χ3v) is 4.15. The Kier molecular flexibility index (Phi) is 4.17. The first kappa shape index (κ1) is 15.3. The second-order valence-electron chi connectivity index (χ2n) is 5.78. The van der Waals surface area contributed by atoms with Crippen molar-refractivity contribution in [3.8, 4) is 0 Å². The number of aliphatic hydroxyl groups is 1. The van der Waals surface area contributed by atoms with Gasteiger partial charge in [-0.15, -0.1) is 0 Å². The summed E-state index contributed by atoms with van der Waals surface area (Å²) in [5.74, 6) is 0.622. The first-order valence-corrected chi connectivity index (χ1v) is 7.74. The number of aliphatic hydroxyl groups excluding tert-OH is 1. The summed E-state index contributed by atoms with van der Waals surface area (Å²) in [5.41, 5.74) is 10.4. The molecule has 3 rings (SSSR count). The van der Waals surface area contributed by atoms with Gasteiger partial charge in [0.25, 0.3) is 0 Å². The van der Waals surface area contributed by atoms with E-state index in [0.29, 0.717) is 19.0 Å². The van der Waals surface area contributed by atoms with E-state index < -0.39 is 6.10 Å². The standard InChI is InChI=1S/C19H21N3O/c1-3-12-21-16-6-4-5-7-17(16)22(19(21)20)13-18(23)15-10-8-14(2)9-11-15/h3-11,18,20,23H,1,12-13H2,2H3/p+1. The molecule has 1 atom stereocenters. The second kappa shape index (κ2) is 6.26. The molecule has 3 aromatic rings. The number of nitrogens with two attached hydrogens (primary N) is 1. The zero-order valence-corrected chi connectivity index (χ0v) is 13.3. The average molecular weight is 308 g/mol. The van der Waals surface area contributed by atoms with E-state index in [1.54, 1.807) is 0 Å². The molecule has 0 amide bonds. The number of benzene rings is 2. The lowest BCUT2D eigenvalue weighted by atomic mass is 10.1. The Morgan fingerprint density at radius 2 is 1.91 bits per heavy atom. The normalized spacial score (nSPS) is 12.4. The van der Waals surface area contributed by atoms with Crippen LogP contribution < -0.4 is 10.3 Å². The SMILES string of the molecule is C=CCn1c(N)[n+](CC(O)c2ccc(C)cc2)c2ccccc21. The number of hydrogen-bond donors (Lipinski definition) is 2. The molecule has 23 heavy (non-hydrogen) atoms. The molecule has 0 radical (unpaired) electrons. The second-order valence-corrected chi connectivity index (χ2v) is 5.78. The molecule has 1 unspecified atom stereocenters. The van der Waals surface area contributed by atoms with E-state index in [0.717, 1.165) is 16.6 Å². The van der Waals surface area contributed by atoms with Crippen LogP contribution in [-0.2, 0) is 13.1 Å². The summed E-state index contributed by atoms with van der Waals surface area (Å²) >= 11 is 0. The molecule has 118 valence electrons. The van der Waals surface area contributed by atoms with Crippen molar-refractivity contribution in [2.45, 2.75) is 26.1 Å². The molecule has 1 aromatic heterocycles. The molecular formula is C19H22N3O+. The van der Waals surface area contributed by atoms with Crippen LogP contribution in [-0.4, -0.2) is 9.67 Å². The number of aryl methyl sites for hydroxylation is 1. The zero-order valence-electron chi connectivity index (χ0n) is 13.3. The summed E-state index contributed by atoms with van der Waals surface area (Å²) in [6.07, 6.45) is 1.22. The van der Waals surface area contributed by atoms with E-state index in [-0.39, 0.29) is 0 Å². The van der Waals surface area contributed by atoms with Crippen LogP contribution in [0.2, 0.25) is 0 Å². The molecule has 0 fully saturated rings. The van der Waals surface area contributed by atoms with E-state index in [9.17, 15) is 5.11 Å². The maximum absolute atomic E-state index is 10.6. The highest BCUT2D eigenvalue weighted by atomic mass is 16.3. The number of hydrogen-bond acceptors (Lipinski definition) is 2. The molecule has 0 aliphatic carbocycles. The van der Waals surface area contributed by atoms with Crippen molar-refractivity contribution in [1.82, 2.24) is 4.57 Å². The number of anilines is 1. The van der Waals surface area contributed by atoms with Crippen molar-refractivity contribution in [1.29, 1.82) is 0 Å². The van der Waals surface area contributed by atoms with Crippen molar-refractivity contribution >= 4 is 17.0 Å². The minimum Gasteiger partial charge on any atom is -0.385 e. The van der Waals surface area contributed by atoms with E-state index >= 15 is 0 Å². The Labute approximate surface area is 136 Å². The van der Waals surface area contributed by atoms with Gasteiger partial charge in [-0.05, 0) is 24.6 Å². The first-order valence-electron chi connectivity index (χ1n) is 7.74. The van der Waals surface area contributed by atoms with Crippen LogP contribution in [0.4, 0.5) is 5.95 Å². The van der Waals surface area contributed by atoms with Gasteiger partial charge in [0.2, 0.25) is 0 Å². The highest BCUT2D eigenvalue weighted by molar-refractivity contribution is 5.73. The van der Waals surface area contributed by atoms with Gasteiger partial charge in [-0.3, -0.25) is 5.73 Å². The van der Waals surface area contributed by atoms with Gasteiger partial charge < -0.3 is 5.11 Å². The zero-order chi connectivity index (χ0) is 16.4. The molecule has 0 aliphatic rings. The summed E-state index contributed by atoms with van der Waals surface area (Å²) in [4.78, 5) is 0. The van der Waals surface area contributed by atoms with Gasteiger partial charge in [0.1, 0.15) is 23.7 Å². The third-order valence-electron chi connectivity index (χ3n) is 4.15. The number of imidazole rings is 1. The molecule has 4 nitrogen and oxygen atoms in total. The van der Waals surface area contributed by atoms with Crippen molar-refractivity contribution in [3.63, 3.8) is 0 Å². The molecular weight excluding hydrogens is 286 g/mol. The third kappa shape index (κ3) is 2.85. The van der Waals surface area contributed by atoms with E-state index in [4.69, 9.17) is 5.73 Å². The van der Waals surface area contributed by atoms with Crippen LogP contribution in [0.1, 0.15) is 17.2 Å². The van der Waals surface area contributed by atoms with E-state index in [1.165, 1.54) is 5.56 Å². The Balaban J connectivity index is 2.01. The summed E-state index contributed by atoms with van der Waals surface area (Å²) < 4.78 is 3.97. The van der Waals surface area contributed by atoms with Crippen LogP contribution in [0.25, 0.3) is 11.0 Å². The maximum atomic E-state index is 10.6. The number of nitrogens with zero attached hydrogens (tertiary/aromatic N) is 2. The molecule has 0 saturated heterocycles. The van der Waals surface area contributed by atoms with Crippen LogP contribution in [0.3, 0.4) is 0 Å². The quantitative estimate of drug-likeness (QED) is 0.562. The maximum Gasteiger partial charge on any atom is 0.356 e. The Morgan fingerprint density at radius 3 is 2.61 bits per heavy atom. The number of nitrogen functional groups attached to an aromatic ring is 1. The number of para-hydroxylation sites is 2. The molecule has 0 spiro atoms. The van der Waals surface area contributed by atoms with E-state index in [2.05, 4.69) is 6.58 Å². The largest absolute Gasteiger partial charge is 0.385 e. The monoisotopic (exact) mass is 308 g/mol. The van der Waals surface area contributed by atoms with Crippen LogP contribution in [0.5, 0.6) is 0 Å². The van der Waals surface area contributed by atoms with Crippen LogP contribution in [0.15, 0.2) is 61.2 Å². The van der Waals surface area contributed by atoms with Crippen LogP contribution in [0, 0.1) is 6.92 Å². The van der Waals surface area contributed by atoms with E-state index in [1.807, 2.05) is 70.7 Å². The van der Waals surface area contributed by atoms with Crippen molar-refractivity contribution in [3.05, 3.63) is 72.3 Å². The highest BCUT2D eigenvalue weighted by Crippen LogP contribution is 2.19. The van der Waals surface area contributed by atoms with Gasteiger partial charge >= 0.3 is 5.95 Å². The molecule has 2 aromatic carbocycles. The predicted molar refractivity (Wildman–Crippen MR) is 92.9 cm³/mol. The van der Waals surface area contributed by atoms with Gasteiger partial charge in [0, 0.05) is 0 Å². The van der Waals surface area contributed by atoms with Gasteiger partial charge in [0.15, 0.2) is 0 Å². The topological polar surface area (TPSA) is 55.1 Å². The molecule has 1 heterocycles. The number of rotatable bonds is 5. The molecule has 0 aliphatic heterocycles. The smallest absolute Gasteiger partial charge is 0.356 e. The number of aromatic nitrogens is 2. The van der Waals surface area contributed by atoms with Crippen LogP contribution >= 0.6 is 0 Å². The molecule has 4 heteroatoms. The van der Waals surface area contributed by atoms with Gasteiger partial charge in [-0.25, -0.2) is 9.13 Å².